The Morgan fingerprint density at radius 2 is 1.78 bits per heavy atom. The van der Waals surface area contributed by atoms with Crippen LogP contribution in [0, 0.1) is 6.92 Å². The van der Waals surface area contributed by atoms with Gasteiger partial charge in [-0.15, -0.1) is 5.10 Å². The van der Waals surface area contributed by atoms with Crippen LogP contribution in [0.3, 0.4) is 0 Å². The van der Waals surface area contributed by atoms with E-state index in [1.807, 2.05) is 0 Å². The summed E-state index contributed by atoms with van der Waals surface area (Å²) in [6, 6.07) is 3.26. The molecule has 0 fully saturated rings. The minimum Gasteiger partial charge on any atom is -0.220 e. The van der Waals surface area contributed by atoms with Crippen molar-refractivity contribution in [1.82, 2.24) is 14.6 Å². The second-order valence-electron chi connectivity index (χ2n) is 5.68. The molecule has 0 aliphatic carbocycles. The van der Waals surface area contributed by atoms with Crippen molar-refractivity contribution in [1.29, 1.82) is 0 Å². The lowest BCUT2D eigenvalue weighted by molar-refractivity contribution is -0.144. The van der Waals surface area contributed by atoms with E-state index in [9.17, 15) is 26.3 Å². The lowest BCUT2D eigenvalue weighted by Gasteiger charge is -2.15. The van der Waals surface area contributed by atoms with Gasteiger partial charge in [0.1, 0.15) is 0 Å². The number of halogens is 7. The van der Waals surface area contributed by atoms with E-state index in [0.717, 1.165) is 6.20 Å². The molecule has 3 nitrogen and oxygen atoms in total. The average Bonchev–Trinajstić information content (AvgIpc) is 3.00. The molecule has 0 aliphatic heterocycles. The minimum atomic E-state index is -4.90. The molecule has 0 spiro atoms. The zero-order chi connectivity index (χ0) is 20.1. The standard InChI is InChI=1S/C17H10ClF6N3/c1-3-9-6-10(7-12(18)8(9)2)13-11(16(19,20)21)4-5-27-14(13)25-15(26-27)17(22,23)24/h3-7H,1H2,2H3. The number of nitrogens with zero attached hydrogens (tertiary/aromatic N) is 3. The zero-order valence-electron chi connectivity index (χ0n) is 13.6. The van der Waals surface area contributed by atoms with Gasteiger partial charge in [-0.05, 0) is 41.8 Å². The molecule has 10 heteroatoms. The molecule has 0 saturated heterocycles. The van der Waals surface area contributed by atoms with Crippen LogP contribution in [0.5, 0.6) is 0 Å². The van der Waals surface area contributed by atoms with Gasteiger partial charge in [-0.25, -0.2) is 9.50 Å². The fourth-order valence-corrected chi connectivity index (χ4v) is 2.87. The summed E-state index contributed by atoms with van der Waals surface area (Å²) in [5, 5.41) is 3.38. The van der Waals surface area contributed by atoms with Crippen molar-refractivity contribution >= 4 is 23.3 Å². The molecule has 3 rings (SSSR count). The van der Waals surface area contributed by atoms with Gasteiger partial charge < -0.3 is 0 Å². The highest BCUT2D eigenvalue weighted by molar-refractivity contribution is 6.32. The van der Waals surface area contributed by atoms with Crippen molar-refractivity contribution in [3.05, 3.63) is 58.5 Å². The number of aromatic nitrogens is 3. The summed E-state index contributed by atoms with van der Waals surface area (Å²) < 4.78 is 80.1. The predicted molar refractivity (Wildman–Crippen MR) is 88.3 cm³/mol. The highest BCUT2D eigenvalue weighted by Crippen LogP contribution is 2.41. The number of rotatable bonds is 2. The van der Waals surface area contributed by atoms with Gasteiger partial charge in [-0.1, -0.05) is 24.3 Å². The number of hydrogen-bond donors (Lipinski definition) is 0. The maximum absolute atomic E-state index is 13.5. The van der Waals surface area contributed by atoms with Crippen LogP contribution in [-0.2, 0) is 12.4 Å². The minimum absolute atomic E-state index is 0.0421. The molecule has 1 aromatic carbocycles. The van der Waals surface area contributed by atoms with Crippen LogP contribution in [-0.4, -0.2) is 14.6 Å². The van der Waals surface area contributed by atoms with E-state index in [1.54, 1.807) is 6.92 Å². The second-order valence-corrected chi connectivity index (χ2v) is 6.09. The van der Waals surface area contributed by atoms with Crippen molar-refractivity contribution < 1.29 is 26.3 Å². The van der Waals surface area contributed by atoms with Crippen molar-refractivity contribution in [2.24, 2.45) is 0 Å². The third-order valence-electron chi connectivity index (χ3n) is 3.96. The van der Waals surface area contributed by atoms with Crippen LogP contribution < -0.4 is 0 Å². The quantitative estimate of drug-likeness (QED) is 0.487. The Balaban J connectivity index is 2.43. The first kappa shape index (κ1) is 19.2. The summed E-state index contributed by atoms with van der Waals surface area (Å²) in [7, 11) is 0. The Kier molecular flexibility index (Phi) is 4.46. The summed E-state index contributed by atoms with van der Waals surface area (Å²) in [6.07, 6.45) is -7.55. The van der Waals surface area contributed by atoms with E-state index in [-0.39, 0.29) is 10.6 Å². The third kappa shape index (κ3) is 3.39. The first-order chi connectivity index (χ1) is 12.4. The van der Waals surface area contributed by atoms with Gasteiger partial charge in [0, 0.05) is 16.8 Å². The van der Waals surface area contributed by atoms with Crippen molar-refractivity contribution in [2.75, 3.05) is 0 Å². The highest BCUT2D eigenvalue weighted by Gasteiger charge is 2.39. The summed E-state index contributed by atoms with van der Waals surface area (Å²) in [5.41, 5.74) is -1.28. The Labute approximate surface area is 153 Å². The van der Waals surface area contributed by atoms with E-state index in [0.29, 0.717) is 21.7 Å². The fraction of sp³-hybridized carbons (Fsp3) is 0.176. The van der Waals surface area contributed by atoms with Crippen molar-refractivity contribution in [2.45, 2.75) is 19.3 Å². The third-order valence-corrected chi connectivity index (χ3v) is 4.35. The lowest BCUT2D eigenvalue weighted by Crippen LogP contribution is -2.09. The summed E-state index contributed by atoms with van der Waals surface area (Å²) in [5.74, 6) is -1.54. The molecule has 0 N–H and O–H groups in total. The number of hydrogen-bond acceptors (Lipinski definition) is 2. The summed E-state index contributed by atoms with van der Waals surface area (Å²) in [6.45, 7) is 5.22. The molecule has 0 atom stereocenters. The Morgan fingerprint density at radius 1 is 1.11 bits per heavy atom. The van der Waals surface area contributed by atoms with Gasteiger partial charge in [-0.3, -0.25) is 0 Å². The number of pyridine rings is 1. The molecule has 2 heterocycles. The summed E-state index contributed by atoms with van der Waals surface area (Å²) in [4.78, 5) is 3.30. The predicted octanol–water partition coefficient (Wildman–Crippen LogP) is 6.04. The monoisotopic (exact) mass is 405 g/mol. The number of alkyl halides is 6. The lowest BCUT2D eigenvalue weighted by atomic mass is 9.96. The molecule has 0 aliphatic rings. The van der Waals surface area contributed by atoms with Crippen LogP contribution in [0.15, 0.2) is 31.0 Å². The smallest absolute Gasteiger partial charge is 0.220 e. The van der Waals surface area contributed by atoms with Crippen LogP contribution in [0.4, 0.5) is 26.3 Å². The van der Waals surface area contributed by atoms with Gasteiger partial charge in [0.15, 0.2) is 5.65 Å². The molecular weight excluding hydrogens is 396 g/mol. The van der Waals surface area contributed by atoms with E-state index in [2.05, 4.69) is 16.7 Å². The fourth-order valence-electron chi connectivity index (χ4n) is 2.64. The Morgan fingerprint density at radius 3 is 2.33 bits per heavy atom. The average molecular weight is 406 g/mol. The Bertz CT molecular complexity index is 1050. The van der Waals surface area contributed by atoms with Crippen LogP contribution in [0.1, 0.15) is 22.5 Å². The van der Waals surface area contributed by atoms with Crippen LogP contribution in [0.25, 0.3) is 22.9 Å². The molecule has 142 valence electrons. The second kappa shape index (κ2) is 6.26. The molecule has 0 unspecified atom stereocenters. The SMILES string of the molecule is C=Cc1cc(-c2c(C(F)(F)F)ccn3nc(C(F)(F)F)nc23)cc(Cl)c1C. The van der Waals surface area contributed by atoms with Crippen LogP contribution in [0.2, 0.25) is 5.02 Å². The van der Waals surface area contributed by atoms with Crippen LogP contribution >= 0.6 is 11.6 Å². The topological polar surface area (TPSA) is 30.2 Å². The molecule has 3 aromatic rings. The molecule has 0 amide bonds. The molecule has 27 heavy (non-hydrogen) atoms. The molecule has 0 radical (unpaired) electrons. The number of fused-ring (bicyclic) bond motifs is 1. The molecule has 0 bridgehead atoms. The van der Waals surface area contributed by atoms with Gasteiger partial charge in [0.05, 0.1) is 5.56 Å². The maximum atomic E-state index is 13.5. The first-order valence-electron chi connectivity index (χ1n) is 7.40. The van der Waals surface area contributed by atoms with Gasteiger partial charge in [-0.2, -0.15) is 26.3 Å². The number of benzene rings is 1. The zero-order valence-corrected chi connectivity index (χ0v) is 14.3. The van der Waals surface area contributed by atoms with E-state index >= 15 is 0 Å². The molecule has 0 saturated carbocycles. The van der Waals surface area contributed by atoms with Gasteiger partial charge in [0.25, 0.3) is 5.82 Å². The van der Waals surface area contributed by atoms with E-state index < -0.39 is 35.0 Å². The normalized spacial score (nSPS) is 12.6. The first-order valence-corrected chi connectivity index (χ1v) is 7.78. The highest BCUT2D eigenvalue weighted by atomic mass is 35.5. The summed E-state index contributed by atoms with van der Waals surface area (Å²) >= 11 is 6.09. The molecule has 2 aromatic heterocycles. The largest absolute Gasteiger partial charge is 0.453 e. The maximum Gasteiger partial charge on any atom is 0.453 e. The molecular formula is C17H10ClF6N3. The van der Waals surface area contributed by atoms with Gasteiger partial charge in [0.2, 0.25) is 0 Å². The Hall–Kier alpha value is -2.55. The van der Waals surface area contributed by atoms with Crippen molar-refractivity contribution in [3.63, 3.8) is 0 Å². The van der Waals surface area contributed by atoms with E-state index in [4.69, 9.17) is 11.6 Å². The van der Waals surface area contributed by atoms with Crippen molar-refractivity contribution in [3.8, 4) is 11.1 Å². The van der Waals surface area contributed by atoms with Gasteiger partial charge >= 0.3 is 12.4 Å². The van der Waals surface area contributed by atoms with E-state index in [1.165, 1.54) is 18.2 Å².